The highest BCUT2D eigenvalue weighted by molar-refractivity contribution is 5.87. The van der Waals surface area contributed by atoms with Crippen LogP contribution in [-0.2, 0) is 4.89 Å². The number of carbonyl (C=O) groups is 1. The molecule has 14 heavy (non-hydrogen) atoms. The highest BCUT2D eigenvalue weighted by Gasteiger charge is 1.96. The zero-order valence-electron chi connectivity index (χ0n) is 8.01. The van der Waals surface area contributed by atoms with Crippen LogP contribution in [-0.4, -0.2) is 22.9 Å². The fourth-order valence-electron chi connectivity index (χ4n) is 0.672. The van der Waals surface area contributed by atoms with Gasteiger partial charge in [-0.3, -0.25) is 5.26 Å². The minimum Gasteiger partial charge on any atom is -0.478 e. The lowest BCUT2D eigenvalue weighted by atomic mass is 10.2. The van der Waals surface area contributed by atoms with Crippen molar-refractivity contribution in [1.82, 2.24) is 0 Å². The molecule has 1 rings (SSSR count). The molecule has 0 unspecified atom stereocenters. The molecule has 0 heterocycles. The van der Waals surface area contributed by atoms with E-state index in [2.05, 4.69) is 4.89 Å². The summed E-state index contributed by atoms with van der Waals surface area (Å²) in [7, 11) is 0. The number of rotatable bonds is 3. The summed E-state index contributed by atoms with van der Waals surface area (Å²) in [4.78, 5) is 13.9. The highest BCUT2D eigenvalue weighted by atomic mass is 17.1. The molecule has 0 aliphatic rings. The van der Waals surface area contributed by atoms with Gasteiger partial charge >= 0.3 is 5.97 Å². The first-order valence-electron chi connectivity index (χ1n) is 4.27. The van der Waals surface area contributed by atoms with Crippen LogP contribution in [0.1, 0.15) is 23.7 Å². The zero-order valence-corrected chi connectivity index (χ0v) is 8.01. The number of hydrogen-bond acceptors (Lipinski definition) is 3. The minimum absolute atomic E-state index is 0.331. The second-order valence-electron chi connectivity index (χ2n) is 2.50. The molecule has 1 aromatic rings. The first-order chi connectivity index (χ1) is 6.72. The first kappa shape index (κ1) is 12.6. The third-order valence-corrected chi connectivity index (χ3v) is 1.32. The maximum Gasteiger partial charge on any atom is 0.335 e. The number of carboxylic acids is 1. The molecule has 4 heteroatoms. The summed E-state index contributed by atoms with van der Waals surface area (Å²) >= 11 is 0. The average molecular weight is 198 g/mol. The van der Waals surface area contributed by atoms with E-state index < -0.39 is 5.97 Å². The topological polar surface area (TPSA) is 66.8 Å². The van der Waals surface area contributed by atoms with Gasteiger partial charge in [-0.05, 0) is 18.6 Å². The van der Waals surface area contributed by atoms with Crippen LogP contribution in [0.4, 0.5) is 0 Å². The summed E-state index contributed by atoms with van der Waals surface area (Å²) in [5, 5.41) is 16.0. The Morgan fingerprint density at radius 1 is 1.36 bits per heavy atom. The van der Waals surface area contributed by atoms with E-state index in [1.165, 1.54) is 0 Å². The predicted molar refractivity (Wildman–Crippen MR) is 52.3 cm³/mol. The molecule has 78 valence electrons. The Morgan fingerprint density at radius 2 is 1.93 bits per heavy atom. The van der Waals surface area contributed by atoms with Crippen LogP contribution in [0.25, 0.3) is 0 Å². The fraction of sp³-hybridized carbons (Fsp3) is 0.300. The van der Waals surface area contributed by atoms with Gasteiger partial charge in [0.25, 0.3) is 0 Å². The van der Waals surface area contributed by atoms with Crippen molar-refractivity contribution in [2.45, 2.75) is 13.3 Å². The molecular formula is C10H14O4. The Bertz CT molecular complexity index is 244. The molecular weight excluding hydrogens is 184 g/mol. The van der Waals surface area contributed by atoms with Crippen molar-refractivity contribution in [3.05, 3.63) is 35.9 Å². The van der Waals surface area contributed by atoms with Crippen LogP contribution in [0.5, 0.6) is 0 Å². The molecule has 2 N–H and O–H groups in total. The molecule has 0 saturated carbocycles. The number of hydrogen-bond donors (Lipinski definition) is 2. The van der Waals surface area contributed by atoms with Crippen molar-refractivity contribution in [1.29, 1.82) is 0 Å². The standard InChI is InChI=1S/C7H6O2.C3H8O2/c8-7(9)6-4-2-1-3-5-6;1-2-3-5-4/h1-5H,(H,8,9);4H,2-3H2,1H3. The summed E-state index contributed by atoms with van der Waals surface area (Å²) in [5.41, 5.74) is 0.331. The van der Waals surface area contributed by atoms with E-state index in [1.54, 1.807) is 30.3 Å². The van der Waals surface area contributed by atoms with Gasteiger partial charge in [0.15, 0.2) is 0 Å². The van der Waals surface area contributed by atoms with E-state index in [0.717, 1.165) is 6.42 Å². The molecule has 0 bridgehead atoms. The molecule has 0 atom stereocenters. The van der Waals surface area contributed by atoms with Gasteiger partial charge in [-0.1, -0.05) is 25.1 Å². The van der Waals surface area contributed by atoms with Gasteiger partial charge in [0.1, 0.15) is 0 Å². The van der Waals surface area contributed by atoms with Crippen molar-refractivity contribution < 1.29 is 20.0 Å². The maximum atomic E-state index is 10.2. The number of carboxylic acid groups (broad SMARTS) is 1. The molecule has 0 saturated heterocycles. The van der Waals surface area contributed by atoms with E-state index in [0.29, 0.717) is 12.2 Å². The van der Waals surface area contributed by atoms with Gasteiger partial charge in [-0.25, -0.2) is 9.68 Å². The smallest absolute Gasteiger partial charge is 0.335 e. The van der Waals surface area contributed by atoms with E-state index in [4.69, 9.17) is 10.4 Å². The van der Waals surface area contributed by atoms with Crippen molar-refractivity contribution >= 4 is 5.97 Å². The lowest BCUT2D eigenvalue weighted by molar-refractivity contribution is -0.241. The maximum absolute atomic E-state index is 10.2. The lowest BCUT2D eigenvalue weighted by Crippen LogP contribution is -1.93. The van der Waals surface area contributed by atoms with Crippen LogP contribution in [0.3, 0.4) is 0 Å². The van der Waals surface area contributed by atoms with Crippen LogP contribution >= 0.6 is 0 Å². The quantitative estimate of drug-likeness (QED) is 0.577. The summed E-state index contributed by atoms with van der Waals surface area (Å²) in [6.45, 7) is 2.37. The lowest BCUT2D eigenvalue weighted by Gasteiger charge is -1.88. The van der Waals surface area contributed by atoms with E-state index in [-0.39, 0.29) is 0 Å². The third-order valence-electron chi connectivity index (χ3n) is 1.32. The minimum atomic E-state index is -0.879. The van der Waals surface area contributed by atoms with Gasteiger partial charge in [0.05, 0.1) is 12.2 Å². The second kappa shape index (κ2) is 8.22. The first-order valence-corrected chi connectivity index (χ1v) is 4.27. The molecule has 0 radical (unpaired) electrons. The number of benzene rings is 1. The third kappa shape index (κ3) is 6.16. The van der Waals surface area contributed by atoms with Crippen LogP contribution in [0.15, 0.2) is 30.3 Å². The molecule has 1 aromatic carbocycles. The SMILES string of the molecule is CCCOO.O=C(O)c1ccccc1. The normalized spacial score (nSPS) is 8.71. The molecule has 0 amide bonds. The van der Waals surface area contributed by atoms with E-state index in [9.17, 15) is 4.79 Å². The molecule has 0 spiro atoms. The average Bonchev–Trinajstić information content (AvgIpc) is 2.21. The van der Waals surface area contributed by atoms with Crippen LogP contribution in [0.2, 0.25) is 0 Å². The Kier molecular flexibility index (Phi) is 7.40. The van der Waals surface area contributed by atoms with Crippen molar-refractivity contribution in [2.75, 3.05) is 6.61 Å². The largest absolute Gasteiger partial charge is 0.478 e. The molecule has 4 nitrogen and oxygen atoms in total. The second-order valence-corrected chi connectivity index (χ2v) is 2.50. The number of aromatic carboxylic acids is 1. The zero-order chi connectivity index (χ0) is 10.8. The Morgan fingerprint density at radius 3 is 2.14 bits per heavy atom. The highest BCUT2D eigenvalue weighted by Crippen LogP contribution is 1.96. The molecule has 0 aliphatic carbocycles. The van der Waals surface area contributed by atoms with Gasteiger partial charge in [-0.2, -0.15) is 0 Å². The Balaban J connectivity index is 0.000000292. The van der Waals surface area contributed by atoms with Gasteiger partial charge in [0.2, 0.25) is 0 Å². The van der Waals surface area contributed by atoms with E-state index >= 15 is 0 Å². The van der Waals surface area contributed by atoms with Gasteiger partial charge in [-0.15, -0.1) is 0 Å². The van der Waals surface area contributed by atoms with Crippen LogP contribution < -0.4 is 0 Å². The molecule has 0 aliphatic heterocycles. The van der Waals surface area contributed by atoms with Gasteiger partial charge < -0.3 is 5.11 Å². The van der Waals surface area contributed by atoms with Gasteiger partial charge in [0, 0.05) is 0 Å². The Hall–Kier alpha value is -1.39. The van der Waals surface area contributed by atoms with Crippen molar-refractivity contribution in [3.63, 3.8) is 0 Å². The summed E-state index contributed by atoms with van der Waals surface area (Å²) in [6.07, 6.45) is 0.872. The molecule has 0 aromatic heterocycles. The fourth-order valence-corrected chi connectivity index (χ4v) is 0.672. The predicted octanol–water partition coefficient (Wildman–Crippen LogP) is 2.27. The molecule has 0 fully saturated rings. The summed E-state index contributed by atoms with van der Waals surface area (Å²) in [6, 6.07) is 8.30. The monoisotopic (exact) mass is 198 g/mol. The van der Waals surface area contributed by atoms with Crippen LogP contribution in [0, 0.1) is 0 Å². The van der Waals surface area contributed by atoms with Crippen molar-refractivity contribution in [2.24, 2.45) is 0 Å². The van der Waals surface area contributed by atoms with E-state index in [1.807, 2.05) is 6.92 Å². The summed E-state index contributed by atoms with van der Waals surface area (Å²) < 4.78 is 0. The Labute approximate surface area is 82.7 Å². The summed E-state index contributed by atoms with van der Waals surface area (Å²) in [5.74, 6) is -0.879. The van der Waals surface area contributed by atoms with Crippen molar-refractivity contribution in [3.8, 4) is 0 Å².